The molecule has 0 saturated heterocycles. The molecule has 1 aliphatic heterocycles. The third kappa shape index (κ3) is 8.81. The number of aliphatic hydroxyl groups excluding tert-OH is 2. The predicted octanol–water partition coefficient (Wildman–Crippen LogP) is 6.35. The molecule has 42 heavy (non-hydrogen) atoms. The Kier molecular flexibility index (Phi) is 12.3. The van der Waals surface area contributed by atoms with Gasteiger partial charge < -0.3 is 36.1 Å². The Morgan fingerprint density at radius 2 is 1.79 bits per heavy atom. The number of aryl methyl sites for hydroxylation is 1. The number of phenols is 1. The summed E-state index contributed by atoms with van der Waals surface area (Å²) in [5.41, 5.74) is 9.74. The number of aliphatic hydroxyl groups is 2. The molecule has 1 aromatic carbocycles. The van der Waals surface area contributed by atoms with E-state index in [2.05, 4.69) is 41.5 Å². The molecule has 1 aliphatic carbocycles. The molecule has 2 aliphatic rings. The predicted molar refractivity (Wildman–Crippen MR) is 169 cm³/mol. The Balaban J connectivity index is 1.34. The quantitative estimate of drug-likeness (QED) is 0.114. The summed E-state index contributed by atoms with van der Waals surface area (Å²) < 4.78 is 6.23. The lowest BCUT2D eigenvalue weighted by molar-refractivity contribution is 0.0697. The molecule has 1 fully saturated rings. The van der Waals surface area contributed by atoms with E-state index in [0.29, 0.717) is 37.4 Å². The third-order valence-electron chi connectivity index (χ3n) is 9.31. The van der Waals surface area contributed by atoms with Gasteiger partial charge in [0.2, 0.25) is 0 Å². The first-order valence-corrected chi connectivity index (χ1v) is 16.3. The minimum Gasteiger partial charge on any atom is -0.504 e. The number of aromatic amines is 1. The lowest BCUT2D eigenvalue weighted by Gasteiger charge is -2.39. The summed E-state index contributed by atoms with van der Waals surface area (Å²) >= 11 is 0. The minimum absolute atomic E-state index is 0.00686. The van der Waals surface area contributed by atoms with Crippen LogP contribution in [0.5, 0.6) is 11.5 Å². The molecular weight excluding hydrogens is 526 g/mol. The van der Waals surface area contributed by atoms with E-state index < -0.39 is 12.2 Å². The molecule has 3 unspecified atom stereocenters. The number of ether oxygens (including phenoxy) is 1. The van der Waals surface area contributed by atoms with Crippen LogP contribution in [0.1, 0.15) is 102 Å². The van der Waals surface area contributed by atoms with Crippen LogP contribution < -0.4 is 15.8 Å². The fourth-order valence-electron chi connectivity index (χ4n) is 7.02. The van der Waals surface area contributed by atoms with Crippen LogP contribution in [0, 0.1) is 5.92 Å². The van der Waals surface area contributed by atoms with Crippen LogP contribution in [0.25, 0.3) is 0 Å². The standard InChI is InChI=1S/C35H53N3O4/c1-2-3-4-5-6-10-28(39)25-29(40)14-12-26-13-15-31(41)32(23-26)42-22-17-30(27-16-21-38-34(36)24-27)35(18-7-8-19-35)33-11-9-20-37-33/h9,11,13,15-16,20,23-24,28-30,37-41H,2-8,10,12,14,17-19,21-22,25,36H2,1H3. The molecule has 1 saturated carbocycles. The largest absolute Gasteiger partial charge is 0.504 e. The number of hydrogen-bond acceptors (Lipinski definition) is 6. The van der Waals surface area contributed by atoms with E-state index in [1.165, 1.54) is 43.4 Å². The average molecular weight is 580 g/mol. The molecule has 2 aromatic rings. The number of rotatable bonds is 18. The third-order valence-corrected chi connectivity index (χ3v) is 9.31. The van der Waals surface area contributed by atoms with Crippen molar-refractivity contribution in [3.63, 3.8) is 0 Å². The first-order chi connectivity index (χ1) is 20.4. The van der Waals surface area contributed by atoms with Crippen LogP contribution in [0.3, 0.4) is 0 Å². The van der Waals surface area contributed by atoms with Gasteiger partial charge in [0.25, 0.3) is 0 Å². The number of nitrogens with two attached hydrogens (primary N) is 1. The van der Waals surface area contributed by atoms with E-state index in [1.807, 2.05) is 18.3 Å². The van der Waals surface area contributed by atoms with Gasteiger partial charge in [0.15, 0.2) is 11.5 Å². The van der Waals surface area contributed by atoms with E-state index in [9.17, 15) is 15.3 Å². The van der Waals surface area contributed by atoms with Crippen molar-refractivity contribution in [2.75, 3.05) is 13.2 Å². The number of hydrogen-bond donors (Lipinski definition) is 6. The van der Waals surface area contributed by atoms with Gasteiger partial charge in [-0.1, -0.05) is 64.0 Å². The summed E-state index contributed by atoms with van der Waals surface area (Å²) in [6.45, 7) is 3.39. The van der Waals surface area contributed by atoms with E-state index >= 15 is 0 Å². The van der Waals surface area contributed by atoms with Gasteiger partial charge >= 0.3 is 0 Å². The number of dihydropyridines is 1. The summed E-state index contributed by atoms with van der Waals surface area (Å²) in [5.74, 6) is 1.53. The van der Waals surface area contributed by atoms with Gasteiger partial charge in [-0.2, -0.15) is 0 Å². The molecule has 1 aromatic heterocycles. The summed E-state index contributed by atoms with van der Waals surface area (Å²) in [6.07, 6.45) is 19.0. The van der Waals surface area contributed by atoms with Gasteiger partial charge in [-0.3, -0.25) is 0 Å². The molecule has 2 heterocycles. The summed E-state index contributed by atoms with van der Waals surface area (Å²) in [6, 6.07) is 9.74. The Hall–Kier alpha value is -2.90. The number of benzene rings is 1. The Bertz CT molecular complexity index is 1140. The summed E-state index contributed by atoms with van der Waals surface area (Å²) in [4.78, 5) is 3.52. The Labute approximate surface area is 252 Å². The number of allylic oxidation sites excluding steroid dienone is 2. The Morgan fingerprint density at radius 3 is 2.52 bits per heavy atom. The molecule has 3 atom stereocenters. The first kappa shape index (κ1) is 32.0. The summed E-state index contributed by atoms with van der Waals surface area (Å²) in [7, 11) is 0. The molecule has 232 valence electrons. The number of aromatic hydroxyl groups is 1. The fourth-order valence-corrected chi connectivity index (χ4v) is 7.02. The summed E-state index contributed by atoms with van der Waals surface area (Å²) in [5, 5.41) is 34.6. The highest BCUT2D eigenvalue weighted by atomic mass is 16.5. The highest BCUT2D eigenvalue weighted by Gasteiger charge is 2.44. The highest BCUT2D eigenvalue weighted by Crippen LogP contribution is 2.50. The smallest absolute Gasteiger partial charge is 0.161 e. The second kappa shape index (κ2) is 16.1. The van der Waals surface area contributed by atoms with Gasteiger partial charge in [0.05, 0.1) is 24.6 Å². The van der Waals surface area contributed by atoms with Gasteiger partial charge in [0.1, 0.15) is 0 Å². The van der Waals surface area contributed by atoms with Gasteiger partial charge in [0, 0.05) is 23.9 Å². The van der Waals surface area contributed by atoms with E-state index in [4.69, 9.17) is 10.5 Å². The van der Waals surface area contributed by atoms with Crippen LogP contribution in [-0.2, 0) is 11.8 Å². The van der Waals surface area contributed by atoms with Crippen LogP contribution in [-0.4, -0.2) is 45.7 Å². The van der Waals surface area contributed by atoms with E-state index in [1.54, 1.807) is 6.07 Å². The van der Waals surface area contributed by atoms with Gasteiger partial charge in [-0.15, -0.1) is 0 Å². The number of nitrogens with one attached hydrogen (secondary N) is 2. The molecule has 7 heteroatoms. The maximum Gasteiger partial charge on any atom is 0.161 e. The second-order valence-corrected chi connectivity index (χ2v) is 12.4. The number of phenolic OH excluding ortho intramolecular Hbond substituents is 1. The normalized spacial score (nSPS) is 18.5. The van der Waals surface area contributed by atoms with Crippen molar-refractivity contribution < 1.29 is 20.1 Å². The second-order valence-electron chi connectivity index (χ2n) is 12.4. The molecule has 0 amide bonds. The molecule has 7 nitrogen and oxygen atoms in total. The zero-order valence-corrected chi connectivity index (χ0v) is 25.5. The van der Waals surface area contributed by atoms with Gasteiger partial charge in [-0.25, -0.2) is 0 Å². The van der Waals surface area contributed by atoms with Crippen molar-refractivity contribution in [3.8, 4) is 11.5 Å². The zero-order chi connectivity index (χ0) is 29.8. The van der Waals surface area contributed by atoms with Crippen LogP contribution in [0.4, 0.5) is 0 Å². The first-order valence-electron chi connectivity index (χ1n) is 16.3. The maximum absolute atomic E-state index is 10.6. The highest BCUT2D eigenvalue weighted by molar-refractivity contribution is 5.42. The monoisotopic (exact) mass is 579 g/mol. The van der Waals surface area contributed by atoms with E-state index in [-0.39, 0.29) is 17.1 Å². The van der Waals surface area contributed by atoms with Crippen LogP contribution >= 0.6 is 0 Å². The van der Waals surface area contributed by atoms with Crippen molar-refractivity contribution in [1.29, 1.82) is 0 Å². The number of unbranched alkanes of at least 4 members (excludes halogenated alkanes) is 4. The van der Waals surface area contributed by atoms with E-state index in [0.717, 1.165) is 50.6 Å². The number of H-pyrrole nitrogens is 1. The minimum atomic E-state index is -0.552. The zero-order valence-electron chi connectivity index (χ0n) is 25.5. The molecule has 0 bridgehead atoms. The van der Waals surface area contributed by atoms with Crippen molar-refractivity contribution in [2.45, 2.75) is 114 Å². The van der Waals surface area contributed by atoms with Crippen molar-refractivity contribution in [3.05, 3.63) is 71.3 Å². The van der Waals surface area contributed by atoms with Crippen LogP contribution in [0.15, 0.2) is 60.1 Å². The van der Waals surface area contributed by atoms with Crippen molar-refractivity contribution in [2.24, 2.45) is 11.7 Å². The maximum atomic E-state index is 10.6. The molecular formula is C35H53N3O4. The van der Waals surface area contributed by atoms with Gasteiger partial charge in [-0.05, 0) is 92.3 Å². The molecule has 7 N–H and O–H groups in total. The topological polar surface area (TPSA) is 124 Å². The lowest BCUT2D eigenvalue weighted by atomic mass is 9.66. The molecule has 0 radical (unpaired) electrons. The number of aromatic nitrogens is 1. The van der Waals surface area contributed by atoms with Crippen molar-refractivity contribution >= 4 is 0 Å². The average Bonchev–Trinajstić information content (AvgIpc) is 3.69. The van der Waals surface area contributed by atoms with Crippen molar-refractivity contribution in [1.82, 2.24) is 10.3 Å². The fraction of sp³-hybridized carbons (Fsp3) is 0.600. The lowest BCUT2D eigenvalue weighted by Crippen LogP contribution is -2.37. The molecule has 0 spiro atoms. The molecule has 4 rings (SSSR count). The van der Waals surface area contributed by atoms with Crippen LogP contribution in [0.2, 0.25) is 0 Å². The Morgan fingerprint density at radius 1 is 1.00 bits per heavy atom. The SMILES string of the molecule is CCCCCCCC(O)CC(O)CCc1ccc(O)c(OCCC(C2=CCNC(N)=C2)C2(c3ccc[nH]3)CCCC2)c1.